The van der Waals surface area contributed by atoms with E-state index < -0.39 is 0 Å². The number of amides is 1. The largest absolute Gasteiger partial charge is 0.492 e. The number of nitrogens with zero attached hydrogens (tertiary/aromatic N) is 1. The normalized spacial score (nSPS) is 16.9. The number of rotatable bonds is 7. The molecule has 1 aromatic carbocycles. The van der Waals surface area contributed by atoms with Gasteiger partial charge in [0, 0.05) is 12.6 Å². The van der Waals surface area contributed by atoms with E-state index >= 15 is 0 Å². The van der Waals surface area contributed by atoms with Crippen LogP contribution in [-0.4, -0.2) is 43.1 Å². The summed E-state index contributed by atoms with van der Waals surface area (Å²) >= 11 is 0. The highest BCUT2D eigenvalue weighted by Crippen LogP contribution is 2.17. The molecule has 0 radical (unpaired) electrons. The Hall–Kier alpha value is -1.55. The van der Waals surface area contributed by atoms with Gasteiger partial charge < -0.3 is 10.1 Å². The molecule has 0 aliphatic heterocycles. The van der Waals surface area contributed by atoms with Gasteiger partial charge in [0.25, 0.3) is 0 Å². The number of carbonyl (C=O) groups excluding carboxylic acids is 1. The molecule has 1 aliphatic rings. The third kappa shape index (κ3) is 5.05. The van der Waals surface area contributed by atoms with Crippen molar-refractivity contribution in [1.82, 2.24) is 10.2 Å². The van der Waals surface area contributed by atoms with E-state index in [1.165, 1.54) is 12.8 Å². The minimum atomic E-state index is -0.120. The van der Waals surface area contributed by atoms with E-state index in [9.17, 15) is 4.79 Å². The molecule has 0 spiro atoms. The first kappa shape index (κ1) is 15.8. The summed E-state index contributed by atoms with van der Waals surface area (Å²) in [6.07, 6.45) is 4.72. The Morgan fingerprint density at radius 2 is 2.00 bits per heavy atom. The Balaban J connectivity index is 1.69. The molecule has 2 rings (SSSR count). The average Bonchev–Trinajstić information content (AvgIpc) is 3.00. The molecule has 1 fully saturated rings. The first-order valence-electron chi connectivity index (χ1n) is 7.85. The molecule has 0 bridgehead atoms. The molecule has 1 atom stereocenters. The Labute approximate surface area is 127 Å². The number of benzene rings is 1. The smallest absolute Gasteiger partial charge is 0.237 e. The van der Waals surface area contributed by atoms with Crippen LogP contribution in [0.15, 0.2) is 30.3 Å². The van der Waals surface area contributed by atoms with Crippen molar-refractivity contribution in [3.63, 3.8) is 0 Å². The van der Waals surface area contributed by atoms with E-state index in [1.807, 2.05) is 49.2 Å². The van der Waals surface area contributed by atoms with Crippen LogP contribution in [0.3, 0.4) is 0 Å². The van der Waals surface area contributed by atoms with E-state index in [2.05, 4.69) is 5.32 Å². The molecule has 0 saturated heterocycles. The zero-order valence-corrected chi connectivity index (χ0v) is 13.0. The van der Waals surface area contributed by atoms with E-state index in [0.717, 1.165) is 25.1 Å². The second-order valence-electron chi connectivity index (χ2n) is 5.81. The molecular weight excluding hydrogens is 264 g/mol. The quantitative estimate of drug-likeness (QED) is 0.838. The van der Waals surface area contributed by atoms with Gasteiger partial charge in [-0.15, -0.1) is 0 Å². The highest BCUT2D eigenvalue weighted by Gasteiger charge is 2.22. The van der Waals surface area contributed by atoms with Crippen molar-refractivity contribution >= 4 is 5.91 Å². The number of para-hydroxylation sites is 1. The molecule has 1 aliphatic carbocycles. The maximum Gasteiger partial charge on any atom is 0.237 e. The standard InChI is InChI=1S/C17H26N2O2/c1-14(17(20)18-15-8-6-7-9-15)19(2)12-13-21-16-10-4-3-5-11-16/h3-5,10-11,14-15H,6-9,12-13H2,1-2H3,(H,18,20)/t14-/m0/s1. The predicted molar refractivity (Wildman–Crippen MR) is 84.4 cm³/mol. The Morgan fingerprint density at radius 1 is 1.33 bits per heavy atom. The van der Waals surface area contributed by atoms with Crippen LogP contribution in [-0.2, 0) is 4.79 Å². The lowest BCUT2D eigenvalue weighted by Gasteiger charge is -2.25. The monoisotopic (exact) mass is 290 g/mol. The van der Waals surface area contributed by atoms with E-state index in [-0.39, 0.29) is 11.9 Å². The molecule has 1 aromatic rings. The summed E-state index contributed by atoms with van der Waals surface area (Å²) in [4.78, 5) is 14.2. The molecular formula is C17H26N2O2. The maximum absolute atomic E-state index is 12.2. The second-order valence-corrected chi connectivity index (χ2v) is 5.81. The van der Waals surface area contributed by atoms with Crippen molar-refractivity contribution in [3.05, 3.63) is 30.3 Å². The van der Waals surface area contributed by atoms with E-state index in [4.69, 9.17) is 4.74 Å². The fourth-order valence-corrected chi connectivity index (χ4v) is 2.61. The van der Waals surface area contributed by atoms with Gasteiger partial charge >= 0.3 is 0 Å². The summed E-state index contributed by atoms with van der Waals surface area (Å²) < 4.78 is 5.67. The minimum Gasteiger partial charge on any atom is -0.492 e. The molecule has 1 saturated carbocycles. The molecule has 21 heavy (non-hydrogen) atoms. The zero-order chi connectivity index (χ0) is 15.1. The lowest BCUT2D eigenvalue weighted by atomic mass is 10.2. The van der Waals surface area contributed by atoms with Crippen molar-refractivity contribution in [2.45, 2.75) is 44.7 Å². The molecule has 1 N–H and O–H groups in total. The summed E-state index contributed by atoms with van der Waals surface area (Å²) in [6, 6.07) is 10.0. The fourth-order valence-electron chi connectivity index (χ4n) is 2.61. The zero-order valence-electron chi connectivity index (χ0n) is 13.0. The van der Waals surface area contributed by atoms with Crippen LogP contribution >= 0.6 is 0 Å². The Kier molecular flexibility index (Phi) is 6.05. The summed E-state index contributed by atoms with van der Waals surface area (Å²) in [5, 5.41) is 3.15. The molecule has 0 heterocycles. The molecule has 0 unspecified atom stereocenters. The number of carbonyl (C=O) groups is 1. The maximum atomic E-state index is 12.2. The third-order valence-corrected chi connectivity index (χ3v) is 4.20. The van der Waals surface area contributed by atoms with Gasteiger partial charge in [-0.2, -0.15) is 0 Å². The first-order chi connectivity index (χ1) is 10.2. The lowest BCUT2D eigenvalue weighted by molar-refractivity contribution is -0.126. The number of nitrogens with one attached hydrogen (secondary N) is 1. The van der Waals surface area contributed by atoms with Gasteiger partial charge in [0.05, 0.1) is 6.04 Å². The topological polar surface area (TPSA) is 41.6 Å². The highest BCUT2D eigenvalue weighted by atomic mass is 16.5. The van der Waals surface area contributed by atoms with Crippen molar-refractivity contribution in [2.24, 2.45) is 0 Å². The third-order valence-electron chi connectivity index (χ3n) is 4.20. The molecule has 1 amide bonds. The van der Waals surface area contributed by atoms with Gasteiger partial charge in [-0.1, -0.05) is 31.0 Å². The van der Waals surface area contributed by atoms with Crippen molar-refractivity contribution in [3.8, 4) is 5.75 Å². The van der Waals surface area contributed by atoms with Crippen molar-refractivity contribution in [1.29, 1.82) is 0 Å². The lowest BCUT2D eigenvalue weighted by Crippen LogP contribution is -2.47. The van der Waals surface area contributed by atoms with Gasteiger partial charge in [-0.25, -0.2) is 0 Å². The van der Waals surface area contributed by atoms with Crippen LogP contribution in [0.2, 0.25) is 0 Å². The van der Waals surface area contributed by atoms with Crippen LogP contribution in [0.5, 0.6) is 5.75 Å². The van der Waals surface area contributed by atoms with Crippen LogP contribution in [0.1, 0.15) is 32.6 Å². The molecule has 4 heteroatoms. The summed E-state index contributed by atoms with van der Waals surface area (Å²) in [6.45, 7) is 3.27. The van der Waals surface area contributed by atoms with Gasteiger partial charge in [-0.3, -0.25) is 9.69 Å². The summed E-state index contributed by atoms with van der Waals surface area (Å²) in [7, 11) is 1.97. The van der Waals surface area contributed by atoms with Gasteiger partial charge in [0.2, 0.25) is 5.91 Å². The van der Waals surface area contributed by atoms with Gasteiger partial charge in [-0.05, 0) is 38.9 Å². The van der Waals surface area contributed by atoms with Crippen molar-refractivity contribution < 1.29 is 9.53 Å². The Bertz CT molecular complexity index is 430. The summed E-state index contributed by atoms with van der Waals surface area (Å²) in [5.41, 5.74) is 0. The van der Waals surface area contributed by atoms with Crippen LogP contribution in [0.25, 0.3) is 0 Å². The van der Waals surface area contributed by atoms with E-state index in [1.54, 1.807) is 0 Å². The molecule has 116 valence electrons. The first-order valence-corrected chi connectivity index (χ1v) is 7.85. The number of likely N-dealkylation sites (N-methyl/N-ethyl adjacent to an activating group) is 1. The SMILES string of the molecule is C[C@@H](C(=O)NC1CCCC1)N(C)CCOc1ccccc1. The summed E-state index contributed by atoms with van der Waals surface area (Å²) in [5.74, 6) is 0.998. The van der Waals surface area contributed by atoms with Crippen molar-refractivity contribution in [2.75, 3.05) is 20.2 Å². The number of hydrogen-bond donors (Lipinski definition) is 1. The minimum absolute atomic E-state index is 0.120. The van der Waals surface area contributed by atoms with Gasteiger partial charge in [0.1, 0.15) is 12.4 Å². The van der Waals surface area contributed by atoms with Crippen LogP contribution in [0.4, 0.5) is 0 Å². The predicted octanol–water partition coefficient (Wildman–Crippen LogP) is 2.44. The van der Waals surface area contributed by atoms with Crippen LogP contribution in [0, 0.1) is 0 Å². The fraction of sp³-hybridized carbons (Fsp3) is 0.588. The Morgan fingerprint density at radius 3 is 2.67 bits per heavy atom. The van der Waals surface area contributed by atoms with Crippen LogP contribution < -0.4 is 10.1 Å². The molecule has 4 nitrogen and oxygen atoms in total. The number of hydrogen-bond acceptors (Lipinski definition) is 3. The number of ether oxygens (including phenoxy) is 1. The average molecular weight is 290 g/mol. The second kappa shape index (κ2) is 8.03. The highest BCUT2D eigenvalue weighted by molar-refractivity contribution is 5.81. The molecule has 0 aromatic heterocycles. The van der Waals surface area contributed by atoms with Gasteiger partial charge in [0.15, 0.2) is 0 Å². The van der Waals surface area contributed by atoms with E-state index in [0.29, 0.717) is 12.6 Å².